The van der Waals surface area contributed by atoms with E-state index in [9.17, 15) is 8.42 Å². The zero-order chi connectivity index (χ0) is 13.0. The lowest BCUT2D eigenvalue weighted by Crippen LogP contribution is -2.09. The summed E-state index contributed by atoms with van der Waals surface area (Å²) in [6, 6.07) is 9.13. The first-order valence-electron chi connectivity index (χ1n) is 5.57. The smallest absolute Gasteiger partial charge is 0.160 e. The van der Waals surface area contributed by atoms with E-state index in [4.69, 9.17) is 0 Å². The summed E-state index contributed by atoms with van der Waals surface area (Å²) in [5.74, 6) is -0.0431. The molecule has 0 aliphatic heterocycles. The summed E-state index contributed by atoms with van der Waals surface area (Å²) in [4.78, 5) is 8.11. The minimum absolute atomic E-state index is 0.0311. The van der Waals surface area contributed by atoms with E-state index < -0.39 is 9.84 Å². The molecule has 0 atom stereocenters. The van der Waals surface area contributed by atoms with Gasteiger partial charge in [0.25, 0.3) is 0 Å². The van der Waals surface area contributed by atoms with Crippen molar-refractivity contribution in [2.45, 2.75) is 18.4 Å². The van der Waals surface area contributed by atoms with Gasteiger partial charge in [-0.15, -0.1) is 0 Å². The Labute approximate surface area is 107 Å². The highest BCUT2D eigenvalue weighted by Crippen LogP contribution is 2.10. The molecule has 2 rings (SSSR count). The van der Waals surface area contributed by atoms with E-state index in [1.807, 2.05) is 25.1 Å². The fourth-order valence-corrected chi connectivity index (χ4v) is 3.00. The Bertz CT molecular complexity index is 607. The first kappa shape index (κ1) is 12.7. The SMILES string of the molecule is Cc1cnc(CS(=O)(=O)Cc2ccccc2)cn1. The zero-order valence-electron chi connectivity index (χ0n) is 10.1. The number of aryl methyl sites for hydroxylation is 1. The summed E-state index contributed by atoms with van der Waals surface area (Å²) in [5.41, 5.74) is 2.05. The van der Waals surface area contributed by atoms with Crippen molar-refractivity contribution < 1.29 is 8.42 Å². The van der Waals surface area contributed by atoms with E-state index in [1.165, 1.54) is 6.20 Å². The predicted octanol–water partition coefficient (Wildman–Crippen LogP) is 1.90. The van der Waals surface area contributed by atoms with Crippen molar-refractivity contribution in [2.75, 3.05) is 0 Å². The van der Waals surface area contributed by atoms with Crippen molar-refractivity contribution in [1.29, 1.82) is 0 Å². The van der Waals surface area contributed by atoms with Gasteiger partial charge in [0.2, 0.25) is 0 Å². The van der Waals surface area contributed by atoms with Crippen molar-refractivity contribution in [2.24, 2.45) is 0 Å². The molecular formula is C13H14N2O2S. The molecule has 1 heterocycles. The monoisotopic (exact) mass is 262 g/mol. The third-order valence-electron chi connectivity index (χ3n) is 2.43. The fourth-order valence-electron chi connectivity index (χ4n) is 1.60. The minimum Gasteiger partial charge on any atom is -0.258 e. The zero-order valence-corrected chi connectivity index (χ0v) is 10.9. The number of nitrogens with zero attached hydrogens (tertiary/aromatic N) is 2. The summed E-state index contributed by atoms with van der Waals surface area (Å²) in [6.07, 6.45) is 3.09. The van der Waals surface area contributed by atoms with Crippen molar-refractivity contribution in [3.63, 3.8) is 0 Å². The van der Waals surface area contributed by atoms with Gasteiger partial charge in [0.15, 0.2) is 9.84 Å². The quantitative estimate of drug-likeness (QED) is 0.844. The van der Waals surface area contributed by atoms with Crippen LogP contribution in [0.4, 0.5) is 0 Å². The van der Waals surface area contributed by atoms with Crippen molar-refractivity contribution in [3.05, 3.63) is 59.7 Å². The first-order chi connectivity index (χ1) is 8.55. The van der Waals surface area contributed by atoms with Crippen LogP contribution < -0.4 is 0 Å². The third-order valence-corrected chi connectivity index (χ3v) is 3.94. The first-order valence-corrected chi connectivity index (χ1v) is 7.39. The second-order valence-electron chi connectivity index (χ2n) is 4.17. The van der Waals surface area contributed by atoms with Crippen LogP contribution in [0.1, 0.15) is 17.0 Å². The Hall–Kier alpha value is -1.75. The van der Waals surface area contributed by atoms with Crippen LogP contribution in [0.25, 0.3) is 0 Å². The Balaban J connectivity index is 2.10. The standard InChI is InChI=1S/C13H14N2O2S/c1-11-7-15-13(8-14-11)10-18(16,17)9-12-5-3-2-4-6-12/h2-8H,9-10H2,1H3. The third kappa shape index (κ3) is 3.63. The molecule has 0 amide bonds. The number of sulfone groups is 1. The van der Waals surface area contributed by atoms with Gasteiger partial charge in [-0.05, 0) is 12.5 Å². The van der Waals surface area contributed by atoms with Gasteiger partial charge in [0.05, 0.1) is 22.9 Å². The lowest BCUT2D eigenvalue weighted by molar-refractivity contribution is 0.593. The van der Waals surface area contributed by atoms with E-state index in [1.54, 1.807) is 18.3 Å². The average Bonchev–Trinajstić information content (AvgIpc) is 2.32. The van der Waals surface area contributed by atoms with Crippen LogP contribution >= 0.6 is 0 Å². The van der Waals surface area contributed by atoms with Gasteiger partial charge in [-0.1, -0.05) is 30.3 Å². The molecule has 2 aromatic rings. The number of benzene rings is 1. The van der Waals surface area contributed by atoms with Crippen LogP contribution in [0.3, 0.4) is 0 Å². The second kappa shape index (κ2) is 5.27. The largest absolute Gasteiger partial charge is 0.258 e. The minimum atomic E-state index is -3.20. The summed E-state index contributed by atoms with van der Waals surface area (Å²) < 4.78 is 24.0. The van der Waals surface area contributed by atoms with Gasteiger partial charge in [-0.25, -0.2) is 8.42 Å². The Morgan fingerprint density at radius 1 is 1.00 bits per heavy atom. The van der Waals surface area contributed by atoms with Crippen molar-refractivity contribution >= 4 is 9.84 Å². The van der Waals surface area contributed by atoms with Crippen molar-refractivity contribution in [1.82, 2.24) is 9.97 Å². The van der Waals surface area contributed by atoms with E-state index in [0.717, 1.165) is 11.3 Å². The molecule has 0 bridgehead atoms. The van der Waals surface area contributed by atoms with Gasteiger partial charge in [-0.3, -0.25) is 9.97 Å². The molecule has 0 spiro atoms. The summed E-state index contributed by atoms with van der Waals surface area (Å²) in [5, 5.41) is 0. The molecule has 0 unspecified atom stereocenters. The van der Waals surface area contributed by atoms with Crippen LogP contribution in [-0.4, -0.2) is 18.4 Å². The van der Waals surface area contributed by atoms with Gasteiger partial charge < -0.3 is 0 Å². The molecule has 18 heavy (non-hydrogen) atoms. The van der Waals surface area contributed by atoms with E-state index >= 15 is 0 Å². The van der Waals surface area contributed by atoms with Gasteiger partial charge in [-0.2, -0.15) is 0 Å². The van der Waals surface area contributed by atoms with Crippen LogP contribution in [-0.2, 0) is 21.3 Å². The molecule has 0 aliphatic carbocycles. The Morgan fingerprint density at radius 2 is 1.72 bits per heavy atom. The lowest BCUT2D eigenvalue weighted by Gasteiger charge is -2.04. The number of hydrogen-bond donors (Lipinski definition) is 0. The van der Waals surface area contributed by atoms with Crippen LogP contribution in [0.2, 0.25) is 0 Å². The highest BCUT2D eigenvalue weighted by Gasteiger charge is 2.14. The summed E-state index contributed by atoms with van der Waals surface area (Å²) >= 11 is 0. The number of aromatic nitrogens is 2. The van der Waals surface area contributed by atoms with E-state index in [2.05, 4.69) is 9.97 Å². The molecule has 4 nitrogen and oxygen atoms in total. The predicted molar refractivity (Wildman–Crippen MR) is 69.5 cm³/mol. The van der Waals surface area contributed by atoms with Crippen molar-refractivity contribution in [3.8, 4) is 0 Å². The molecule has 94 valence electrons. The molecule has 1 aromatic heterocycles. The highest BCUT2D eigenvalue weighted by molar-refractivity contribution is 7.89. The number of hydrogen-bond acceptors (Lipinski definition) is 4. The summed E-state index contributed by atoms with van der Waals surface area (Å²) in [7, 11) is -3.20. The van der Waals surface area contributed by atoms with Gasteiger partial charge >= 0.3 is 0 Å². The molecule has 0 N–H and O–H groups in total. The maximum atomic E-state index is 12.0. The molecule has 5 heteroatoms. The summed E-state index contributed by atoms with van der Waals surface area (Å²) in [6.45, 7) is 1.81. The lowest BCUT2D eigenvalue weighted by atomic mass is 10.2. The topological polar surface area (TPSA) is 59.9 Å². The molecule has 1 aromatic carbocycles. The molecular weight excluding hydrogens is 248 g/mol. The molecule has 0 radical (unpaired) electrons. The molecule has 0 fully saturated rings. The normalized spacial score (nSPS) is 11.4. The maximum absolute atomic E-state index is 12.0. The van der Waals surface area contributed by atoms with Crippen LogP contribution in [0.5, 0.6) is 0 Å². The fraction of sp³-hybridized carbons (Fsp3) is 0.231. The van der Waals surface area contributed by atoms with E-state index in [-0.39, 0.29) is 11.5 Å². The Morgan fingerprint density at radius 3 is 2.33 bits per heavy atom. The van der Waals surface area contributed by atoms with Gasteiger partial charge in [0, 0.05) is 12.4 Å². The second-order valence-corrected chi connectivity index (χ2v) is 6.23. The highest BCUT2D eigenvalue weighted by atomic mass is 32.2. The molecule has 0 aliphatic rings. The molecule has 0 saturated carbocycles. The molecule has 0 saturated heterocycles. The number of rotatable bonds is 4. The maximum Gasteiger partial charge on any atom is 0.160 e. The van der Waals surface area contributed by atoms with Crippen LogP contribution in [0.15, 0.2) is 42.7 Å². The van der Waals surface area contributed by atoms with E-state index in [0.29, 0.717) is 5.69 Å². The van der Waals surface area contributed by atoms with Crippen LogP contribution in [0, 0.1) is 6.92 Å². The van der Waals surface area contributed by atoms with Gasteiger partial charge in [0.1, 0.15) is 0 Å². The Kier molecular flexibility index (Phi) is 3.72. The average molecular weight is 262 g/mol.